The lowest BCUT2D eigenvalue weighted by molar-refractivity contribution is -0.113. The first kappa shape index (κ1) is 23.1. The van der Waals surface area contributed by atoms with Gasteiger partial charge in [-0.15, -0.1) is 0 Å². The van der Waals surface area contributed by atoms with E-state index in [2.05, 4.69) is 38.3 Å². The molecule has 1 amide bonds. The van der Waals surface area contributed by atoms with Crippen LogP contribution in [0.25, 0.3) is 0 Å². The number of methoxy groups -OCH3 is 1. The van der Waals surface area contributed by atoms with Crippen LogP contribution in [0.3, 0.4) is 0 Å². The molecule has 4 aromatic rings. The highest BCUT2D eigenvalue weighted by atomic mass is 16.5. The summed E-state index contributed by atoms with van der Waals surface area (Å²) in [5.41, 5.74) is 3.82. The van der Waals surface area contributed by atoms with Crippen LogP contribution in [0.5, 0.6) is 11.5 Å². The first-order valence-corrected chi connectivity index (χ1v) is 11.6. The summed E-state index contributed by atoms with van der Waals surface area (Å²) in [7, 11) is 1.57. The van der Waals surface area contributed by atoms with Gasteiger partial charge >= 0.3 is 0 Å². The number of carbonyl (C=O) groups is 1. The summed E-state index contributed by atoms with van der Waals surface area (Å²) in [5, 5.41) is 18.1. The van der Waals surface area contributed by atoms with Crippen molar-refractivity contribution in [3.05, 3.63) is 101 Å². The van der Waals surface area contributed by atoms with E-state index in [9.17, 15) is 4.79 Å². The maximum atomic E-state index is 13.5. The number of aromatic nitrogens is 4. The summed E-state index contributed by atoms with van der Waals surface area (Å²) >= 11 is 0. The SMILES string of the molecule is COc1ccccc1NC(=O)C1=C(C)Nc2nnnn2C1c1ccc(OCCc2ccccc2)cc1. The summed E-state index contributed by atoms with van der Waals surface area (Å²) in [6, 6.07) is 24.6. The van der Waals surface area contributed by atoms with Crippen molar-refractivity contribution >= 4 is 17.5 Å². The number of anilines is 2. The van der Waals surface area contributed by atoms with Gasteiger partial charge in [0, 0.05) is 12.1 Å². The molecular formula is C27H26N6O3. The molecule has 1 aliphatic rings. The number of fused-ring (bicyclic) bond motifs is 1. The number of benzene rings is 3. The zero-order chi connectivity index (χ0) is 24.9. The molecule has 2 N–H and O–H groups in total. The predicted octanol–water partition coefficient (Wildman–Crippen LogP) is 4.23. The van der Waals surface area contributed by atoms with Gasteiger partial charge in [-0.05, 0) is 52.7 Å². The Morgan fingerprint density at radius 3 is 2.56 bits per heavy atom. The van der Waals surface area contributed by atoms with Crippen LogP contribution in [-0.2, 0) is 11.2 Å². The number of nitrogens with one attached hydrogen (secondary N) is 2. The van der Waals surface area contributed by atoms with Gasteiger partial charge in [0.05, 0.1) is 25.0 Å². The molecular weight excluding hydrogens is 456 g/mol. The minimum Gasteiger partial charge on any atom is -0.495 e. The predicted molar refractivity (Wildman–Crippen MR) is 136 cm³/mol. The van der Waals surface area contributed by atoms with Crippen LogP contribution in [0.2, 0.25) is 0 Å². The van der Waals surface area contributed by atoms with E-state index in [0.717, 1.165) is 17.7 Å². The first-order chi connectivity index (χ1) is 17.6. The third-order valence-corrected chi connectivity index (χ3v) is 6.01. The smallest absolute Gasteiger partial charge is 0.255 e. The molecule has 0 fully saturated rings. The number of tetrazole rings is 1. The number of carbonyl (C=O) groups excluding carboxylic acids is 1. The van der Waals surface area contributed by atoms with E-state index in [1.807, 2.05) is 61.5 Å². The van der Waals surface area contributed by atoms with Crippen molar-refractivity contribution in [2.45, 2.75) is 19.4 Å². The van der Waals surface area contributed by atoms with Crippen LogP contribution in [0.15, 0.2) is 90.1 Å². The average molecular weight is 483 g/mol. The number of nitrogens with zero attached hydrogens (tertiary/aromatic N) is 4. The van der Waals surface area contributed by atoms with Crippen LogP contribution < -0.4 is 20.1 Å². The van der Waals surface area contributed by atoms with Crippen LogP contribution in [0.4, 0.5) is 11.6 Å². The van der Waals surface area contributed by atoms with Crippen molar-refractivity contribution in [2.24, 2.45) is 0 Å². The molecule has 1 aromatic heterocycles. The lowest BCUT2D eigenvalue weighted by atomic mass is 9.95. The third-order valence-electron chi connectivity index (χ3n) is 6.01. The summed E-state index contributed by atoms with van der Waals surface area (Å²) in [5.74, 6) is 1.51. The van der Waals surface area contributed by atoms with Crippen molar-refractivity contribution in [1.82, 2.24) is 20.2 Å². The Kier molecular flexibility index (Phi) is 6.61. The third kappa shape index (κ3) is 4.76. The fourth-order valence-corrected chi connectivity index (χ4v) is 4.23. The van der Waals surface area contributed by atoms with Crippen LogP contribution in [-0.4, -0.2) is 39.8 Å². The molecule has 0 spiro atoms. The Morgan fingerprint density at radius 1 is 1.03 bits per heavy atom. The molecule has 9 nitrogen and oxygen atoms in total. The molecule has 5 rings (SSSR count). The van der Waals surface area contributed by atoms with E-state index in [1.165, 1.54) is 5.56 Å². The van der Waals surface area contributed by atoms with Crippen LogP contribution in [0, 0.1) is 0 Å². The Hall–Kier alpha value is -4.66. The van der Waals surface area contributed by atoms with Gasteiger partial charge in [0.25, 0.3) is 5.91 Å². The number of hydrogen-bond acceptors (Lipinski definition) is 7. The maximum Gasteiger partial charge on any atom is 0.255 e. The fourth-order valence-electron chi connectivity index (χ4n) is 4.23. The summed E-state index contributed by atoms with van der Waals surface area (Å²) in [6.07, 6.45) is 0.820. The largest absolute Gasteiger partial charge is 0.495 e. The quantitative estimate of drug-likeness (QED) is 0.387. The molecule has 0 saturated heterocycles. The second kappa shape index (κ2) is 10.3. The molecule has 2 heterocycles. The van der Waals surface area contributed by atoms with Crippen molar-refractivity contribution in [2.75, 3.05) is 24.4 Å². The Bertz CT molecular complexity index is 1380. The lowest BCUT2D eigenvalue weighted by Crippen LogP contribution is -2.31. The van der Waals surface area contributed by atoms with Crippen LogP contribution in [0.1, 0.15) is 24.1 Å². The topological polar surface area (TPSA) is 103 Å². The number of rotatable bonds is 8. The second-order valence-electron chi connectivity index (χ2n) is 8.32. The highest BCUT2D eigenvalue weighted by molar-refractivity contribution is 6.06. The fraction of sp³-hybridized carbons (Fsp3) is 0.185. The summed E-state index contributed by atoms with van der Waals surface area (Å²) in [6.45, 7) is 2.41. The number of para-hydroxylation sites is 2. The van der Waals surface area contributed by atoms with Crippen LogP contribution >= 0.6 is 0 Å². The van der Waals surface area contributed by atoms with Crippen molar-refractivity contribution in [3.63, 3.8) is 0 Å². The molecule has 0 saturated carbocycles. The standard InChI is InChI=1S/C27H26N6O3/c1-18-24(26(34)29-22-10-6-7-11-23(22)35-2)25(33-27(28-18)30-31-32-33)20-12-14-21(15-13-20)36-17-16-19-8-4-3-5-9-19/h3-15,25H,16-17H2,1-2H3,(H,29,34)(H,28,30,32). The van der Waals surface area contributed by atoms with E-state index in [-0.39, 0.29) is 5.91 Å². The van der Waals surface area contributed by atoms with E-state index >= 15 is 0 Å². The van der Waals surface area contributed by atoms with Crippen molar-refractivity contribution in [3.8, 4) is 11.5 Å². The summed E-state index contributed by atoms with van der Waals surface area (Å²) in [4.78, 5) is 13.5. The zero-order valence-electron chi connectivity index (χ0n) is 20.0. The Morgan fingerprint density at radius 2 is 1.78 bits per heavy atom. The molecule has 1 atom stereocenters. The minimum atomic E-state index is -0.524. The van der Waals surface area contributed by atoms with E-state index < -0.39 is 6.04 Å². The summed E-state index contributed by atoms with van der Waals surface area (Å²) < 4.78 is 12.9. The van der Waals surface area contributed by atoms with Gasteiger partial charge in [0.2, 0.25) is 5.95 Å². The average Bonchev–Trinajstić information content (AvgIpc) is 3.37. The molecule has 9 heteroatoms. The molecule has 36 heavy (non-hydrogen) atoms. The second-order valence-corrected chi connectivity index (χ2v) is 8.32. The Balaban J connectivity index is 1.38. The zero-order valence-corrected chi connectivity index (χ0v) is 20.0. The van der Waals surface area contributed by atoms with Gasteiger partial charge in [0.15, 0.2) is 0 Å². The first-order valence-electron chi connectivity index (χ1n) is 11.6. The highest BCUT2D eigenvalue weighted by Gasteiger charge is 2.34. The molecule has 3 aromatic carbocycles. The monoisotopic (exact) mass is 482 g/mol. The normalized spacial score (nSPS) is 14.6. The van der Waals surface area contributed by atoms with Gasteiger partial charge < -0.3 is 20.1 Å². The van der Waals surface area contributed by atoms with Gasteiger partial charge in [-0.25, -0.2) is 0 Å². The van der Waals surface area contributed by atoms with E-state index in [1.54, 1.807) is 23.9 Å². The molecule has 0 radical (unpaired) electrons. The van der Waals surface area contributed by atoms with Crippen molar-refractivity contribution in [1.29, 1.82) is 0 Å². The molecule has 1 aliphatic heterocycles. The number of hydrogen-bond donors (Lipinski definition) is 2. The lowest BCUT2D eigenvalue weighted by Gasteiger charge is -2.28. The molecule has 0 aliphatic carbocycles. The van der Waals surface area contributed by atoms with Gasteiger partial charge in [-0.2, -0.15) is 4.68 Å². The van der Waals surface area contributed by atoms with Crippen molar-refractivity contribution < 1.29 is 14.3 Å². The number of ether oxygens (including phenoxy) is 2. The highest BCUT2D eigenvalue weighted by Crippen LogP contribution is 2.36. The molecule has 0 bridgehead atoms. The number of amides is 1. The van der Waals surface area contributed by atoms with E-state index in [0.29, 0.717) is 35.3 Å². The molecule has 1 unspecified atom stereocenters. The van der Waals surface area contributed by atoms with E-state index in [4.69, 9.17) is 9.47 Å². The van der Waals surface area contributed by atoms with Gasteiger partial charge in [0.1, 0.15) is 17.5 Å². The number of allylic oxidation sites excluding steroid dienone is 1. The maximum absolute atomic E-state index is 13.5. The Labute approximate surface area is 208 Å². The molecule has 182 valence electrons. The van der Waals surface area contributed by atoms with Gasteiger partial charge in [-0.3, -0.25) is 4.79 Å². The van der Waals surface area contributed by atoms with Gasteiger partial charge in [-0.1, -0.05) is 59.7 Å². The minimum absolute atomic E-state index is 0.279.